The molecule has 2 rings (SSSR count). The molecule has 1 aliphatic rings. The number of hydrogen-bond donors (Lipinski definition) is 1. The van der Waals surface area contributed by atoms with Gasteiger partial charge >= 0.3 is 0 Å². The fraction of sp³-hybridized carbons (Fsp3) is 0.500. The quantitative estimate of drug-likeness (QED) is 0.854. The molecular formula is C12H16ClNO. The van der Waals surface area contributed by atoms with E-state index < -0.39 is 0 Å². The molecule has 1 saturated heterocycles. The Bertz CT molecular complexity index is 334. The lowest BCUT2D eigenvalue weighted by atomic mass is 10.1. The number of anilines is 1. The number of halogens is 1. The van der Waals surface area contributed by atoms with Crippen LogP contribution in [0, 0.1) is 12.8 Å². The maximum absolute atomic E-state index is 5.90. The molecule has 0 aliphatic carbocycles. The van der Waals surface area contributed by atoms with Gasteiger partial charge in [-0.2, -0.15) is 0 Å². The van der Waals surface area contributed by atoms with Gasteiger partial charge in [-0.1, -0.05) is 11.6 Å². The normalized spacial score (nSPS) is 20.5. The fourth-order valence-electron chi connectivity index (χ4n) is 1.82. The minimum Gasteiger partial charge on any atom is -0.384 e. The number of nitrogens with one attached hydrogen (secondary N) is 1. The van der Waals surface area contributed by atoms with E-state index in [4.69, 9.17) is 16.3 Å². The Kier molecular flexibility index (Phi) is 3.49. The summed E-state index contributed by atoms with van der Waals surface area (Å²) in [7, 11) is 0. The Balaban J connectivity index is 1.92. The van der Waals surface area contributed by atoms with E-state index in [-0.39, 0.29) is 0 Å². The average molecular weight is 226 g/mol. The highest BCUT2D eigenvalue weighted by Gasteiger charge is 2.15. The van der Waals surface area contributed by atoms with Crippen molar-refractivity contribution < 1.29 is 4.74 Å². The highest BCUT2D eigenvalue weighted by molar-refractivity contribution is 6.30. The van der Waals surface area contributed by atoms with Crippen molar-refractivity contribution in [2.75, 3.05) is 25.1 Å². The third-order valence-electron chi connectivity index (χ3n) is 2.79. The van der Waals surface area contributed by atoms with Gasteiger partial charge in [-0.15, -0.1) is 0 Å². The smallest absolute Gasteiger partial charge is 0.0511 e. The number of benzene rings is 1. The predicted molar refractivity (Wildman–Crippen MR) is 63.6 cm³/mol. The summed E-state index contributed by atoms with van der Waals surface area (Å²) >= 11 is 5.90. The summed E-state index contributed by atoms with van der Waals surface area (Å²) in [5.74, 6) is 0.653. The maximum atomic E-state index is 5.90. The Hall–Kier alpha value is -0.730. The molecule has 1 aromatic carbocycles. The van der Waals surface area contributed by atoms with Crippen LogP contribution in [0.3, 0.4) is 0 Å². The first-order chi connectivity index (χ1) is 7.25. The first-order valence-corrected chi connectivity index (χ1v) is 5.71. The van der Waals surface area contributed by atoms with E-state index in [0.29, 0.717) is 5.92 Å². The predicted octanol–water partition coefficient (Wildman–Crippen LogP) is 3.10. The van der Waals surface area contributed by atoms with E-state index in [1.165, 1.54) is 17.7 Å². The monoisotopic (exact) mass is 225 g/mol. The highest BCUT2D eigenvalue weighted by atomic mass is 35.5. The van der Waals surface area contributed by atoms with Crippen molar-refractivity contribution in [3.05, 3.63) is 28.8 Å². The summed E-state index contributed by atoms with van der Waals surface area (Å²) in [6.45, 7) is 4.85. The molecule has 82 valence electrons. The molecule has 1 heterocycles. The summed E-state index contributed by atoms with van der Waals surface area (Å²) in [5, 5.41) is 4.24. The SMILES string of the molecule is Cc1cc(Cl)ccc1NCC1CCOC1. The molecule has 1 N–H and O–H groups in total. The van der Waals surface area contributed by atoms with Crippen molar-refractivity contribution in [1.29, 1.82) is 0 Å². The number of aryl methyl sites for hydroxylation is 1. The fourth-order valence-corrected chi connectivity index (χ4v) is 2.05. The molecule has 0 aromatic heterocycles. The van der Waals surface area contributed by atoms with Crippen LogP contribution in [0.1, 0.15) is 12.0 Å². The molecule has 1 atom stereocenters. The molecule has 0 bridgehead atoms. The van der Waals surface area contributed by atoms with Crippen LogP contribution >= 0.6 is 11.6 Å². The van der Waals surface area contributed by atoms with Gasteiger partial charge in [-0.3, -0.25) is 0 Å². The molecule has 15 heavy (non-hydrogen) atoms. The number of ether oxygens (including phenoxy) is 1. The third kappa shape index (κ3) is 2.86. The second-order valence-electron chi connectivity index (χ2n) is 4.07. The largest absolute Gasteiger partial charge is 0.384 e. The lowest BCUT2D eigenvalue weighted by molar-refractivity contribution is 0.187. The molecular weight excluding hydrogens is 210 g/mol. The molecule has 0 spiro atoms. The first-order valence-electron chi connectivity index (χ1n) is 5.33. The van der Waals surface area contributed by atoms with Gasteiger partial charge < -0.3 is 10.1 Å². The van der Waals surface area contributed by atoms with Crippen molar-refractivity contribution >= 4 is 17.3 Å². The van der Waals surface area contributed by atoms with Crippen molar-refractivity contribution in [2.45, 2.75) is 13.3 Å². The highest BCUT2D eigenvalue weighted by Crippen LogP contribution is 2.21. The zero-order valence-corrected chi connectivity index (χ0v) is 9.68. The molecule has 0 saturated carbocycles. The van der Waals surface area contributed by atoms with Crippen molar-refractivity contribution in [1.82, 2.24) is 0 Å². The van der Waals surface area contributed by atoms with Gasteiger partial charge in [0.2, 0.25) is 0 Å². The van der Waals surface area contributed by atoms with Gasteiger partial charge in [0.05, 0.1) is 6.61 Å². The van der Waals surface area contributed by atoms with Crippen molar-refractivity contribution in [3.63, 3.8) is 0 Å². The molecule has 1 fully saturated rings. The van der Waals surface area contributed by atoms with Gasteiger partial charge in [0, 0.05) is 29.8 Å². The van der Waals surface area contributed by atoms with Crippen molar-refractivity contribution in [3.8, 4) is 0 Å². The maximum Gasteiger partial charge on any atom is 0.0511 e. The van der Waals surface area contributed by atoms with Crippen LogP contribution < -0.4 is 5.32 Å². The lowest BCUT2D eigenvalue weighted by Crippen LogP contribution is -2.14. The standard InChI is InChI=1S/C12H16ClNO/c1-9-6-11(13)2-3-12(9)14-7-10-4-5-15-8-10/h2-3,6,10,14H,4-5,7-8H2,1H3. The second-order valence-corrected chi connectivity index (χ2v) is 4.51. The minimum atomic E-state index is 0.653. The third-order valence-corrected chi connectivity index (χ3v) is 3.03. The van der Waals surface area contributed by atoms with Crippen LogP contribution in [-0.2, 0) is 4.74 Å². The van der Waals surface area contributed by atoms with Crippen molar-refractivity contribution in [2.24, 2.45) is 5.92 Å². The Morgan fingerprint density at radius 1 is 1.53 bits per heavy atom. The Morgan fingerprint density at radius 2 is 2.40 bits per heavy atom. The van der Waals surface area contributed by atoms with Crippen LogP contribution in [0.15, 0.2) is 18.2 Å². The van der Waals surface area contributed by atoms with Gasteiger partial charge in [0.1, 0.15) is 0 Å². The molecule has 1 aromatic rings. The average Bonchev–Trinajstić information content (AvgIpc) is 2.69. The summed E-state index contributed by atoms with van der Waals surface area (Å²) in [4.78, 5) is 0. The Labute approximate surface area is 95.6 Å². The van der Waals surface area contributed by atoms with Gasteiger partial charge in [-0.25, -0.2) is 0 Å². The molecule has 0 amide bonds. The van der Waals surface area contributed by atoms with Gasteiger partial charge in [-0.05, 0) is 37.1 Å². The van der Waals surface area contributed by atoms with Crippen LogP contribution in [0.25, 0.3) is 0 Å². The summed E-state index contributed by atoms with van der Waals surface area (Å²) in [6.07, 6.45) is 1.17. The Morgan fingerprint density at radius 3 is 3.07 bits per heavy atom. The molecule has 0 radical (unpaired) electrons. The van der Waals surface area contributed by atoms with E-state index >= 15 is 0 Å². The van der Waals surface area contributed by atoms with Crippen LogP contribution in [0.4, 0.5) is 5.69 Å². The van der Waals surface area contributed by atoms with E-state index in [9.17, 15) is 0 Å². The molecule has 1 aliphatic heterocycles. The number of rotatable bonds is 3. The molecule has 2 nitrogen and oxygen atoms in total. The van der Waals surface area contributed by atoms with E-state index in [0.717, 1.165) is 24.8 Å². The molecule has 3 heteroatoms. The number of hydrogen-bond acceptors (Lipinski definition) is 2. The van der Waals surface area contributed by atoms with Gasteiger partial charge in [0.15, 0.2) is 0 Å². The van der Waals surface area contributed by atoms with Gasteiger partial charge in [0.25, 0.3) is 0 Å². The summed E-state index contributed by atoms with van der Waals surface area (Å²) in [5.41, 5.74) is 2.37. The zero-order valence-electron chi connectivity index (χ0n) is 8.92. The molecule has 1 unspecified atom stereocenters. The van der Waals surface area contributed by atoms with Crippen LogP contribution in [0.5, 0.6) is 0 Å². The zero-order chi connectivity index (χ0) is 10.7. The second kappa shape index (κ2) is 4.86. The minimum absolute atomic E-state index is 0.653. The summed E-state index contributed by atoms with van der Waals surface area (Å²) in [6, 6.07) is 5.94. The topological polar surface area (TPSA) is 21.3 Å². The van der Waals surface area contributed by atoms with E-state index in [2.05, 4.69) is 12.2 Å². The van der Waals surface area contributed by atoms with E-state index in [1.807, 2.05) is 18.2 Å². The van der Waals surface area contributed by atoms with Crippen LogP contribution in [-0.4, -0.2) is 19.8 Å². The van der Waals surface area contributed by atoms with E-state index in [1.54, 1.807) is 0 Å². The first kappa shape index (κ1) is 10.8. The lowest BCUT2D eigenvalue weighted by Gasteiger charge is -2.12. The van der Waals surface area contributed by atoms with Crippen LogP contribution in [0.2, 0.25) is 5.02 Å². The summed E-state index contributed by atoms with van der Waals surface area (Å²) < 4.78 is 5.33.